The van der Waals surface area contributed by atoms with Crippen molar-refractivity contribution in [1.29, 1.82) is 0 Å². The van der Waals surface area contributed by atoms with Crippen molar-refractivity contribution < 1.29 is 9.53 Å². The molecule has 2 rings (SSSR count). The van der Waals surface area contributed by atoms with Crippen molar-refractivity contribution in [2.45, 2.75) is 6.92 Å². The van der Waals surface area contributed by atoms with E-state index < -0.39 is 0 Å². The number of hydrogen-bond acceptors (Lipinski definition) is 3. The molecule has 3 nitrogen and oxygen atoms in total. The third kappa shape index (κ3) is 3.09. The van der Waals surface area contributed by atoms with Gasteiger partial charge in [0.1, 0.15) is 11.5 Å². The molecule has 0 radical (unpaired) electrons. The Balaban J connectivity index is 2.27. The van der Waals surface area contributed by atoms with Crippen LogP contribution in [0.15, 0.2) is 41.1 Å². The second kappa shape index (κ2) is 5.50. The molecule has 1 aromatic carbocycles. The van der Waals surface area contributed by atoms with Gasteiger partial charge in [0, 0.05) is 17.8 Å². The van der Waals surface area contributed by atoms with Crippen LogP contribution in [0.25, 0.3) is 0 Å². The summed E-state index contributed by atoms with van der Waals surface area (Å²) >= 11 is 9.18. The molecule has 0 saturated carbocycles. The number of pyridine rings is 1. The Kier molecular flexibility index (Phi) is 3.99. The van der Waals surface area contributed by atoms with Crippen LogP contribution in [-0.2, 0) is 0 Å². The minimum Gasteiger partial charge on any atom is -0.455 e. The Morgan fingerprint density at radius 1 is 1.33 bits per heavy atom. The van der Waals surface area contributed by atoms with Gasteiger partial charge in [-0.3, -0.25) is 9.78 Å². The number of aromatic nitrogens is 1. The zero-order valence-electron chi connectivity index (χ0n) is 9.48. The Morgan fingerprint density at radius 2 is 2.11 bits per heavy atom. The van der Waals surface area contributed by atoms with E-state index in [1.54, 1.807) is 30.5 Å². The third-order valence-electron chi connectivity index (χ3n) is 2.25. The molecule has 1 heterocycles. The average Bonchev–Trinajstić information content (AvgIpc) is 2.31. The van der Waals surface area contributed by atoms with Crippen LogP contribution < -0.4 is 4.74 Å². The first-order valence-electron chi connectivity index (χ1n) is 5.15. The molecule has 5 heteroatoms. The fraction of sp³-hybridized carbons (Fsp3) is 0.0769. The lowest BCUT2D eigenvalue weighted by Gasteiger charge is -2.08. The quantitative estimate of drug-likeness (QED) is 0.780. The summed E-state index contributed by atoms with van der Waals surface area (Å²) in [7, 11) is 0. The monoisotopic (exact) mass is 325 g/mol. The number of carbonyl (C=O) groups is 1. The SMILES string of the molecule is CC(=O)c1ccc(Oc2cncc(Cl)c2)c(Br)c1. The highest BCUT2D eigenvalue weighted by molar-refractivity contribution is 9.10. The van der Waals surface area contributed by atoms with Crippen LogP contribution in [0.1, 0.15) is 17.3 Å². The first-order valence-corrected chi connectivity index (χ1v) is 6.32. The van der Waals surface area contributed by atoms with Crippen LogP contribution in [0.2, 0.25) is 5.02 Å². The maximum atomic E-state index is 11.2. The van der Waals surface area contributed by atoms with Crippen LogP contribution >= 0.6 is 27.5 Å². The normalized spacial score (nSPS) is 10.2. The van der Waals surface area contributed by atoms with Gasteiger partial charge in [0.2, 0.25) is 0 Å². The molecular weight excluding hydrogens is 318 g/mol. The molecule has 18 heavy (non-hydrogen) atoms. The number of ether oxygens (including phenoxy) is 1. The smallest absolute Gasteiger partial charge is 0.159 e. The molecule has 2 aromatic rings. The summed E-state index contributed by atoms with van der Waals surface area (Å²) in [5, 5.41) is 0.504. The number of Topliss-reactive ketones (excluding diaryl/α,β-unsaturated/α-hetero) is 1. The zero-order chi connectivity index (χ0) is 13.1. The predicted octanol–water partition coefficient (Wildman–Crippen LogP) is 4.49. The fourth-order valence-electron chi connectivity index (χ4n) is 1.38. The van der Waals surface area contributed by atoms with Crippen LogP contribution in [-0.4, -0.2) is 10.8 Å². The second-order valence-electron chi connectivity index (χ2n) is 3.64. The summed E-state index contributed by atoms with van der Waals surface area (Å²) in [5.74, 6) is 1.15. The summed E-state index contributed by atoms with van der Waals surface area (Å²) in [5.41, 5.74) is 0.624. The molecule has 0 unspecified atom stereocenters. The Hall–Kier alpha value is -1.39. The van der Waals surface area contributed by atoms with Crippen molar-refractivity contribution in [2.24, 2.45) is 0 Å². The molecule has 0 spiro atoms. The van der Waals surface area contributed by atoms with Crippen molar-refractivity contribution >= 4 is 33.3 Å². The van der Waals surface area contributed by atoms with E-state index in [-0.39, 0.29) is 5.78 Å². The summed E-state index contributed by atoms with van der Waals surface area (Å²) in [6.07, 6.45) is 3.10. The van der Waals surface area contributed by atoms with Crippen molar-refractivity contribution in [2.75, 3.05) is 0 Å². The molecule has 0 amide bonds. The minimum atomic E-state index is 0.00618. The summed E-state index contributed by atoms with van der Waals surface area (Å²) < 4.78 is 6.32. The number of ketones is 1. The minimum absolute atomic E-state index is 0.00618. The zero-order valence-corrected chi connectivity index (χ0v) is 11.8. The number of carbonyl (C=O) groups excluding carboxylic acids is 1. The van der Waals surface area contributed by atoms with Gasteiger partial charge in [0.15, 0.2) is 5.78 Å². The summed E-state index contributed by atoms with van der Waals surface area (Å²) in [6, 6.07) is 6.82. The van der Waals surface area contributed by atoms with Gasteiger partial charge in [0.05, 0.1) is 15.7 Å². The van der Waals surface area contributed by atoms with E-state index in [1.165, 1.54) is 13.1 Å². The highest BCUT2D eigenvalue weighted by Crippen LogP contribution is 2.31. The van der Waals surface area contributed by atoms with Gasteiger partial charge in [-0.1, -0.05) is 11.6 Å². The number of rotatable bonds is 3. The van der Waals surface area contributed by atoms with Crippen molar-refractivity contribution in [3.05, 3.63) is 51.7 Å². The molecule has 0 bridgehead atoms. The highest BCUT2D eigenvalue weighted by Gasteiger charge is 2.07. The van der Waals surface area contributed by atoms with Gasteiger partial charge in [-0.05, 0) is 41.1 Å². The molecule has 0 saturated heterocycles. The van der Waals surface area contributed by atoms with Gasteiger partial charge in [-0.15, -0.1) is 0 Å². The summed E-state index contributed by atoms with van der Waals surface area (Å²) in [6.45, 7) is 1.52. The van der Waals surface area contributed by atoms with Gasteiger partial charge in [0.25, 0.3) is 0 Å². The Bertz CT molecular complexity index is 601. The van der Waals surface area contributed by atoms with Crippen LogP contribution in [0.3, 0.4) is 0 Å². The second-order valence-corrected chi connectivity index (χ2v) is 4.93. The summed E-state index contributed by atoms with van der Waals surface area (Å²) in [4.78, 5) is 15.2. The maximum Gasteiger partial charge on any atom is 0.159 e. The van der Waals surface area contributed by atoms with Crippen LogP contribution in [0, 0.1) is 0 Å². The molecule has 92 valence electrons. The van der Waals surface area contributed by atoms with Crippen LogP contribution in [0.4, 0.5) is 0 Å². The van der Waals surface area contributed by atoms with Crippen LogP contribution in [0.5, 0.6) is 11.5 Å². The highest BCUT2D eigenvalue weighted by atomic mass is 79.9. The first-order chi connectivity index (χ1) is 8.56. The van der Waals surface area contributed by atoms with E-state index in [1.807, 2.05) is 0 Å². The van der Waals surface area contributed by atoms with E-state index in [9.17, 15) is 4.79 Å². The third-order valence-corrected chi connectivity index (χ3v) is 3.07. The molecule has 0 aliphatic carbocycles. The molecule has 0 N–H and O–H groups in total. The number of halogens is 2. The lowest BCUT2D eigenvalue weighted by molar-refractivity contribution is 0.101. The molecule has 0 aliphatic rings. The lowest BCUT2D eigenvalue weighted by Crippen LogP contribution is -1.93. The number of benzene rings is 1. The lowest BCUT2D eigenvalue weighted by atomic mass is 10.1. The molecular formula is C13H9BrClNO2. The Labute approximate surface area is 118 Å². The van der Waals surface area contributed by atoms with Gasteiger partial charge >= 0.3 is 0 Å². The van der Waals surface area contributed by atoms with E-state index in [0.29, 0.717) is 26.6 Å². The first kappa shape index (κ1) is 13.1. The van der Waals surface area contributed by atoms with Crippen molar-refractivity contribution in [3.63, 3.8) is 0 Å². The molecule has 1 aromatic heterocycles. The van der Waals surface area contributed by atoms with E-state index in [2.05, 4.69) is 20.9 Å². The van der Waals surface area contributed by atoms with Gasteiger partial charge in [-0.25, -0.2) is 0 Å². The van der Waals surface area contributed by atoms with E-state index in [4.69, 9.17) is 16.3 Å². The Morgan fingerprint density at radius 3 is 2.72 bits per heavy atom. The van der Waals surface area contributed by atoms with E-state index in [0.717, 1.165) is 0 Å². The predicted molar refractivity (Wildman–Crippen MR) is 73.5 cm³/mol. The topological polar surface area (TPSA) is 39.2 Å². The number of hydrogen-bond donors (Lipinski definition) is 0. The standard InChI is InChI=1S/C13H9BrClNO2/c1-8(17)9-2-3-13(12(14)4-9)18-11-5-10(15)6-16-7-11/h2-7H,1H3. The van der Waals surface area contributed by atoms with Gasteiger partial charge in [-0.2, -0.15) is 0 Å². The molecule has 0 aliphatic heterocycles. The van der Waals surface area contributed by atoms with Gasteiger partial charge < -0.3 is 4.74 Å². The average molecular weight is 327 g/mol. The fourth-order valence-corrected chi connectivity index (χ4v) is 2.00. The van der Waals surface area contributed by atoms with Crippen molar-refractivity contribution in [3.8, 4) is 11.5 Å². The molecule has 0 atom stereocenters. The number of nitrogens with zero attached hydrogens (tertiary/aromatic N) is 1. The maximum absolute atomic E-state index is 11.2. The van der Waals surface area contributed by atoms with E-state index >= 15 is 0 Å². The largest absolute Gasteiger partial charge is 0.455 e. The molecule has 0 fully saturated rings. The van der Waals surface area contributed by atoms with Crippen molar-refractivity contribution in [1.82, 2.24) is 4.98 Å².